The Morgan fingerprint density at radius 3 is 2.56 bits per heavy atom. The molecule has 0 aromatic heterocycles. The Kier molecular flexibility index (Phi) is 4.75. The van der Waals surface area contributed by atoms with Crippen molar-refractivity contribution >= 4 is 0 Å². The van der Waals surface area contributed by atoms with E-state index >= 15 is 0 Å². The van der Waals surface area contributed by atoms with E-state index in [4.69, 9.17) is 18.9 Å². The maximum atomic E-state index is 10.4. The Balaban J connectivity index is 1.44. The smallest absolute Gasteiger partial charge is 0.165 e. The zero-order valence-electron chi connectivity index (χ0n) is 14.8. The third-order valence-corrected chi connectivity index (χ3v) is 5.66. The quantitative estimate of drug-likeness (QED) is 0.900. The zero-order chi connectivity index (χ0) is 17.3. The number of nitrogens with zero attached hydrogens (tertiary/aromatic N) is 1. The average molecular weight is 349 g/mol. The zero-order valence-corrected chi connectivity index (χ0v) is 14.8. The highest BCUT2D eigenvalue weighted by Gasteiger charge is 2.43. The Morgan fingerprint density at radius 2 is 1.88 bits per heavy atom. The number of fused-ring (bicyclic) bond motifs is 1. The number of aliphatic hydroxyl groups is 1. The molecule has 6 nitrogen and oxygen atoms in total. The molecule has 1 aromatic carbocycles. The molecule has 1 N–H and O–H groups in total. The molecule has 3 aliphatic rings. The van der Waals surface area contributed by atoms with Crippen LogP contribution in [-0.2, 0) is 11.3 Å². The van der Waals surface area contributed by atoms with Gasteiger partial charge in [0, 0.05) is 37.9 Å². The van der Waals surface area contributed by atoms with Crippen LogP contribution >= 0.6 is 0 Å². The molecule has 3 heterocycles. The van der Waals surface area contributed by atoms with Gasteiger partial charge in [0.1, 0.15) is 19.0 Å². The molecule has 2 fully saturated rings. The van der Waals surface area contributed by atoms with Crippen LogP contribution in [0, 0.1) is 0 Å². The molecule has 1 aromatic rings. The van der Waals surface area contributed by atoms with Gasteiger partial charge in [0.15, 0.2) is 11.5 Å². The molecule has 0 unspecified atom stereocenters. The van der Waals surface area contributed by atoms with E-state index in [1.807, 2.05) is 12.1 Å². The first-order valence-electron chi connectivity index (χ1n) is 9.21. The number of hydrogen-bond donors (Lipinski definition) is 1. The van der Waals surface area contributed by atoms with Crippen LogP contribution < -0.4 is 14.2 Å². The van der Waals surface area contributed by atoms with Crippen LogP contribution in [0.1, 0.15) is 31.2 Å². The Labute approximate surface area is 148 Å². The monoisotopic (exact) mass is 349 g/mol. The third kappa shape index (κ3) is 3.30. The molecule has 138 valence electrons. The van der Waals surface area contributed by atoms with Gasteiger partial charge < -0.3 is 24.1 Å². The van der Waals surface area contributed by atoms with E-state index in [-0.39, 0.29) is 11.7 Å². The Bertz CT molecular complexity index is 612. The van der Waals surface area contributed by atoms with E-state index in [1.54, 1.807) is 7.11 Å². The lowest BCUT2D eigenvalue weighted by Crippen LogP contribution is -2.55. The molecule has 0 bridgehead atoms. The van der Waals surface area contributed by atoms with Gasteiger partial charge in [0.2, 0.25) is 0 Å². The predicted octanol–water partition coefficient (Wildman–Crippen LogP) is 1.97. The second-order valence-electron chi connectivity index (χ2n) is 7.16. The minimum absolute atomic E-state index is 0.327. The third-order valence-electron chi connectivity index (χ3n) is 5.66. The van der Waals surface area contributed by atoms with Crippen LogP contribution in [0.25, 0.3) is 0 Å². The van der Waals surface area contributed by atoms with Gasteiger partial charge in [0.25, 0.3) is 0 Å². The molecule has 2 saturated heterocycles. The molecule has 0 aliphatic carbocycles. The summed E-state index contributed by atoms with van der Waals surface area (Å²) in [7, 11) is 1.69. The highest BCUT2D eigenvalue weighted by molar-refractivity contribution is 5.51. The molecule has 0 saturated carbocycles. The largest absolute Gasteiger partial charge is 0.496 e. The van der Waals surface area contributed by atoms with E-state index in [2.05, 4.69) is 4.90 Å². The SMILES string of the molecule is COc1cc2c(cc1CN1CCC3(CC1)OCCC[C@H]3O)OCCO2. The van der Waals surface area contributed by atoms with Crippen LogP contribution in [-0.4, -0.2) is 61.7 Å². The van der Waals surface area contributed by atoms with Crippen LogP contribution in [0.2, 0.25) is 0 Å². The second kappa shape index (κ2) is 7.02. The van der Waals surface area contributed by atoms with Crippen LogP contribution in [0.15, 0.2) is 12.1 Å². The molecule has 1 atom stereocenters. The van der Waals surface area contributed by atoms with Crippen molar-refractivity contribution in [3.63, 3.8) is 0 Å². The van der Waals surface area contributed by atoms with Gasteiger partial charge in [-0.25, -0.2) is 0 Å². The van der Waals surface area contributed by atoms with Crippen LogP contribution in [0.5, 0.6) is 17.2 Å². The minimum atomic E-state index is -0.328. The van der Waals surface area contributed by atoms with Gasteiger partial charge in [-0.2, -0.15) is 0 Å². The lowest BCUT2D eigenvalue weighted by molar-refractivity contribution is -0.177. The van der Waals surface area contributed by atoms with Crippen molar-refractivity contribution in [2.24, 2.45) is 0 Å². The highest BCUT2D eigenvalue weighted by atomic mass is 16.6. The summed E-state index contributed by atoms with van der Waals surface area (Å²) >= 11 is 0. The van der Waals surface area contributed by atoms with Crippen molar-refractivity contribution in [3.8, 4) is 17.2 Å². The van der Waals surface area contributed by atoms with Crippen molar-refractivity contribution in [1.29, 1.82) is 0 Å². The van der Waals surface area contributed by atoms with E-state index in [0.717, 1.165) is 74.7 Å². The summed E-state index contributed by atoms with van der Waals surface area (Å²) in [5, 5.41) is 10.4. The number of rotatable bonds is 3. The molecule has 0 radical (unpaired) electrons. The Morgan fingerprint density at radius 1 is 1.16 bits per heavy atom. The van der Waals surface area contributed by atoms with Crippen molar-refractivity contribution < 1.29 is 24.1 Å². The van der Waals surface area contributed by atoms with Crippen LogP contribution in [0.3, 0.4) is 0 Å². The molecule has 3 aliphatic heterocycles. The summed E-state index contributed by atoms with van der Waals surface area (Å²) in [4.78, 5) is 2.39. The summed E-state index contributed by atoms with van der Waals surface area (Å²) in [6, 6.07) is 3.95. The summed E-state index contributed by atoms with van der Waals surface area (Å²) in [6.07, 6.45) is 3.24. The number of ether oxygens (including phenoxy) is 4. The normalized spacial score (nSPS) is 25.8. The summed E-state index contributed by atoms with van der Waals surface area (Å²) < 4.78 is 22.9. The average Bonchev–Trinajstić information content (AvgIpc) is 2.65. The Hall–Kier alpha value is -1.50. The van der Waals surface area contributed by atoms with E-state index in [1.165, 1.54) is 0 Å². The number of aliphatic hydroxyl groups excluding tert-OH is 1. The van der Waals surface area contributed by atoms with Crippen molar-refractivity contribution in [2.45, 2.75) is 43.9 Å². The fourth-order valence-corrected chi connectivity index (χ4v) is 4.15. The lowest BCUT2D eigenvalue weighted by atomic mass is 9.82. The van der Waals surface area contributed by atoms with Gasteiger partial charge in [-0.3, -0.25) is 4.90 Å². The van der Waals surface area contributed by atoms with Crippen molar-refractivity contribution in [1.82, 2.24) is 4.90 Å². The number of piperidine rings is 1. The standard InChI is InChI=1S/C19H27NO5/c1-22-15-12-17-16(23-9-10-24-17)11-14(15)13-20-6-4-19(5-7-20)18(21)3-2-8-25-19/h11-12,18,21H,2-10,13H2,1H3/t18-/m1/s1. The maximum absolute atomic E-state index is 10.4. The lowest BCUT2D eigenvalue weighted by Gasteiger charge is -2.46. The van der Waals surface area contributed by atoms with Crippen molar-refractivity contribution in [2.75, 3.05) is 40.0 Å². The summed E-state index contributed by atoms with van der Waals surface area (Å²) in [5.41, 5.74) is 0.777. The van der Waals surface area contributed by atoms with Gasteiger partial charge >= 0.3 is 0 Å². The first-order chi connectivity index (χ1) is 12.2. The van der Waals surface area contributed by atoms with E-state index < -0.39 is 0 Å². The first kappa shape index (κ1) is 16.9. The van der Waals surface area contributed by atoms with Gasteiger partial charge in [-0.15, -0.1) is 0 Å². The predicted molar refractivity (Wildman–Crippen MR) is 92.4 cm³/mol. The molecule has 6 heteroatoms. The van der Waals surface area contributed by atoms with Gasteiger partial charge in [-0.05, 0) is 31.7 Å². The fourth-order valence-electron chi connectivity index (χ4n) is 4.15. The molecule has 25 heavy (non-hydrogen) atoms. The number of methoxy groups -OCH3 is 1. The summed E-state index contributed by atoms with van der Waals surface area (Å²) in [6.45, 7) is 4.55. The molecule has 0 amide bonds. The maximum Gasteiger partial charge on any atom is 0.165 e. The number of hydrogen-bond acceptors (Lipinski definition) is 6. The fraction of sp³-hybridized carbons (Fsp3) is 0.684. The van der Waals surface area contributed by atoms with Crippen LogP contribution in [0.4, 0.5) is 0 Å². The first-order valence-corrected chi connectivity index (χ1v) is 9.21. The number of likely N-dealkylation sites (tertiary alicyclic amines) is 1. The molecular weight excluding hydrogens is 322 g/mol. The molecule has 1 spiro atoms. The van der Waals surface area contributed by atoms with E-state index in [0.29, 0.717) is 13.2 Å². The number of benzene rings is 1. The topological polar surface area (TPSA) is 60.4 Å². The van der Waals surface area contributed by atoms with E-state index in [9.17, 15) is 5.11 Å². The second-order valence-corrected chi connectivity index (χ2v) is 7.16. The minimum Gasteiger partial charge on any atom is -0.496 e. The molecule has 4 rings (SSSR count). The van der Waals surface area contributed by atoms with Gasteiger partial charge in [-0.1, -0.05) is 0 Å². The molecular formula is C19H27NO5. The summed E-state index contributed by atoms with van der Waals surface area (Å²) in [5.74, 6) is 2.38. The highest BCUT2D eigenvalue weighted by Crippen LogP contribution is 2.39. The van der Waals surface area contributed by atoms with Gasteiger partial charge in [0.05, 0.1) is 18.8 Å². The van der Waals surface area contributed by atoms with Crippen molar-refractivity contribution in [3.05, 3.63) is 17.7 Å².